The van der Waals surface area contributed by atoms with Crippen molar-refractivity contribution < 1.29 is 14.1 Å². The fraction of sp³-hybridized carbons (Fsp3) is 0.150. The highest BCUT2D eigenvalue weighted by molar-refractivity contribution is 7.98. The van der Waals surface area contributed by atoms with Crippen molar-refractivity contribution in [3.8, 4) is 0 Å². The highest BCUT2D eigenvalue weighted by Gasteiger charge is 2.14. The number of benzene rings is 1. The third kappa shape index (κ3) is 5.07. The van der Waals surface area contributed by atoms with Gasteiger partial charge in [0.2, 0.25) is 0 Å². The van der Waals surface area contributed by atoms with E-state index in [1.165, 1.54) is 11.8 Å². The van der Waals surface area contributed by atoms with E-state index in [4.69, 9.17) is 9.26 Å². The average Bonchev–Trinajstić information content (AvgIpc) is 3.10. The van der Waals surface area contributed by atoms with E-state index in [-0.39, 0.29) is 6.61 Å². The molecule has 0 saturated heterocycles. The Hall–Kier alpha value is -2.86. The number of aryl methyl sites for hydroxylation is 1. The summed E-state index contributed by atoms with van der Waals surface area (Å²) in [4.78, 5) is 16.6. The first kappa shape index (κ1) is 17.9. The molecule has 0 aliphatic rings. The SMILES string of the molecule is Cc1cc(CSc2ncccc2C(=O)OC/C=C/c2ccccc2)no1. The van der Waals surface area contributed by atoms with Gasteiger partial charge >= 0.3 is 5.97 Å². The molecule has 0 atom stereocenters. The molecule has 6 heteroatoms. The first-order valence-electron chi connectivity index (χ1n) is 8.11. The normalized spacial score (nSPS) is 11.0. The third-order valence-electron chi connectivity index (χ3n) is 3.45. The zero-order chi connectivity index (χ0) is 18.2. The van der Waals surface area contributed by atoms with E-state index >= 15 is 0 Å². The number of esters is 1. The smallest absolute Gasteiger partial charge is 0.341 e. The lowest BCUT2D eigenvalue weighted by molar-refractivity contribution is 0.0545. The van der Waals surface area contributed by atoms with Gasteiger partial charge in [-0.2, -0.15) is 0 Å². The second-order valence-electron chi connectivity index (χ2n) is 5.49. The first-order valence-corrected chi connectivity index (χ1v) is 9.09. The lowest BCUT2D eigenvalue weighted by Gasteiger charge is -2.06. The largest absolute Gasteiger partial charge is 0.458 e. The van der Waals surface area contributed by atoms with Gasteiger partial charge in [-0.25, -0.2) is 9.78 Å². The van der Waals surface area contributed by atoms with Gasteiger partial charge in [-0.3, -0.25) is 0 Å². The fourth-order valence-corrected chi connectivity index (χ4v) is 3.10. The van der Waals surface area contributed by atoms with E-state index in [2.05, 4.69) is 10.1 Å². The van der Waals surface area contributed by atoms with Gasteiger partial charge in [0, 0.05) is 18.0 Å². The van der Waals surface area contributed by atoms with Crippen molar-refractivity contribution >= 4 is 23.8 Å². The van der Waals surface area contributed by atoms with Crippen molar-refractivity contribution in [3.63, 3.8) is 0 Å². The molecule has 0 spiro atoms. The molecule has 0 fully saturated rings. The number of carbonyl (C=O) groups excluding carboxylic acids is 1. The Morgan fingerprint density at radius 1 is 1.23 bits per heavy atom. The summed E-state index contributed by atoms with van der Waals surface area (Å²) in [5, 5.41) is 4.56. The van der Waals surface area contributed by atoms with Crippen LogP contribution in [0.1, 0.15) is 27.4 Å². The van der Waals surface area contributed by atoms with Crippen molar-refractivity contribution in [3.05, 3.63) is 83.4 Å². The molecular weight excluding hydrogens is 348 g/mol. The van der Waals surface area contributed by atoms with Crippen molar-refractivity contribution in [1.82, 2.24) is 10.1 Å². The second-order valence-corrected chi connectivity index (χ2v) is 6.45. The van der Waals surface area contributed by atoms with Crippen LogP contribution in [0, 0.1) is 6.92 Å². The first-order chi connectivity index (χ1) is 12.7. The van der Waals surface area contributed by atoms with E-state index < -0.39 is 5.97 Å². The topological polar surface area (TPSA) is 65.2 Å². The Labute approximate surface area is 156 Å². The lowest BCUT2D eigenvalue weighted by Crippen LogP contribution is -2.07. The van der Waals surface area contributed by atoms with E-state index in [0.717, 1.165) is 17.0 Å². The quantitative estimate of drug-likeness (QED) is 0.452. The molecule has 2 heterocycles. The minimum absolute atomic E-state index is 0.204. The van der Waals surface area contributed by atoms with E-state index in [9.17, 15) is 4.79 Å². The van der Waals surface area contributed by atoms with Gasteiger partial charge < -0.3 is 9.26 Å². The van der Waals surface area contributed by atoms with Crippen LogP contribution in [0.4, 0.5) is 0 Å². The number of pyridine rings is 1. The molecule has 0 unspecified atom stereocenters. The zero-order valence-corrected chi connectivity index (χ0v) is 15.1. The van der Waals surface area contributed by atoms with Crippen molar-refractivity contribution in [2.75, 3.05) is 6.61 Å². The Morgan fingerprint density at radius 3 is 2.85 bits per heavy atom. The molecule has 132 valence electrons. The minimum Gasteiger partial charge on any atom is -0.458 e. The van der Waals surface area contributed by atoms with Crippen LogP contribution in [0.25, 0.3) is 6.08 Å². The molecule has 1 aromatic carbocycles. The van der Waals surface area contributed by atoms with Gasteiger partial charge in [0.1, 0.15) is 17.4 Å². The molecule has 0 radical (unpaired) electrons. The molecule has 0 aliphatic heterocycles. The van der Waals surface area contributed by atoms with Gasteiger partial charge in [0.15, 0.2) is 0 Å². The molecular formula is C20H18N2O3S. The standard InChI is InChI=1S/C20H18N2O3S/c1-15-13-17(22-25-15)14-26-19-18(10-5-11-21-19)20(23)24-12-6-9-16-7-3-2-4-8-16/h2-11,13H,12,14H2,1H3/b9-6+. The summed E-state index contributed by atoms with van der Waals surface area (Å²) in [6.45, 7) is 2.04. The number of rotatable bonds is 7. The average molecular weight is 366 g/mol. The maximum atomic E-state index is 12.3. The highest BCUT2D eigenvalue weighted by atomic mass is 32.2. The van der Waals surface area contributed by atoms with Gasteiger partial charge in [-0.15, -0.1) is 0 Å². The Morgan fingerprint density at radius 2 is 2.08 bits per heavy atom. The van der Waals surface area contributed by atoms with Gasteiger partial charge in [0.05, 0.1) is 11.3 Å². The highest BCUT2D eigenvalue weighted by Crippen LogP contribution is 2.24. The number of carbonyl (C=O) groups is 1. The monoisotopic (exact) mass is 366 g/mol. The van der Waals surface area contributed by atoms with Crippen LogP contribution >= 0.6 is 11.8 Å². The number of hydrogen-bond acceptors (Lipinski definition) is 6. The molecule has 3 aromatic rings. The Balaban J connectivity index is 1.57. The molecule has 2 aromatic heterocycles. The number of nitrogens with zero attached hydrogens (tertiary/aromatic N) is 2. The predicted molar refractivity (Wildman–Crippen MR) is 101 cm³/mol. The number of ether oxygens (including phenoxy) is 1. The van der Waals surface area contributed by atoms with Crippen LogP contribution in [0.3, 0.4) is 0 Å². The summed E-state index contributed by atoms with van der Waals surface area (Å²) in [5.74, 6) is 0.934. The summed E-state index contributed by atoms with van der Waals surface area (Å²) in [6.07, 6.45) is 5.39. The van der Waals surface area contributed by atoms with Crippen molar-refractivity contribution in [2.45, 2.75) is 17.7 Å². The molecule has 5 nitrogen and oxygen atoms in total. The predicted octanol–water partition coefficient (Wildman–Crippen LogP) is 4.54. The van der Waals surface area contributed by atoms with Crippen LogP contribution in [0.5, 0.6) is 0 Å². The molecule has 0 aliphatic carbocycles. The van der Waals surface area contributed by atoms with Gasteiger partial charge in [-0.05, 0) is 30.7 Å². The van der Waals surface area contributed by atoms with Gasteiger partial charge in [-0.1, -0.05) is 53.3 Å². The van der Waals surface area contributed by atoms with E-state index in [1.54, 1.807) is 18.3 Å². The summed E-state index contributed by atoms with van der Waals surface area (Å²) < 4.78 is 10.4. The summed E-state index contributed by atoms with van der Waals surface area (Å²) >= 11 is 1.43. The van der Waals surface area contributed by atoms with Crippen LogP contribution in [-0.4, -0.2) is 22.7 Å². The van der Waals surface area contributed by atoms with E-state index in [1.807, 2.05) is 55.5 Å². The number of thioether (sulfide) groups is 1. The van der Waals surface area contributed by atoms with Crippen LogP contribution < -0.4 is 0 Å². The van der Waals surface area contributed by atoms with Crippen molar-refractivity contribution in [2.24, 2.45) is 0 Å². The van der Waals surface area contributed by atoms with Crippen LogP contribution in [0.2, 0.25) is 0 Å². The van der Waals surface area contributed by atoms with Crippen LogP contribution in [-0.2, 0) is 10.5 Å². The summed E-state index contributed by atoms with van der Waals surface area (Å²) in [5.41, 5.74) is 2.32. The Kier molecular flexibility index (Phi) is 6.22. The third-order valence-corrected chi connectivity index (χ3v) is 4.48. The van der Waals surface area contributed by atoms with Crippen molar-refractivity contribution in [1.29, 1.82) is 0 Å². The second kappa shape index (κ2) is 9.01. The maximum absolute atomic E-state index is 12.3. The number of hydrogen-bond donors (Lipinski definition) is 0. The lowest BCUT2D eigenvalue weighted by atomic mass is 10.2. The van der Waals surface area contributed by atoms with Crippen LogP contribution in [0.15, 0.2) is 70.4 Å². The Bertz CT molecular complexity index is 891. The summed E-state index contributed by atoms with van der Waals surface area (Å²) in [7, 11) is 0. The molecule has 0 N–H and O–H groups in total. The number of aromatic nitrogens is 2. The molecule has 0 bridgehead atoms. The summed E-state index contributed by atoms with van der Waals surface area (Å²) in [6, 6.07) is 15.1. The molecule has 26 heavy (non-hydrogen) atoms. The molecule has 3 rings (SSSR count). The minimum atomic E-state index is -0.394. The molecule has 0 amide bonds. The maximum Gasteiger partial charge on any atom is 0.341 e. The fourth-order valence-electron chi connectivity index (χ4n) is 2.24. The zero-order valence-electron chi connectivity index (χ0n) is 14.3. The van der Waals surface area contributed by atoms with E-state index in [0.29, 0.717) is 16.3 Å². The van der Waals surface area contributed by atoms with Gasteiger partial charge in [0.25, 0.3) is 0 Å². The molecule has 0 saturated carbocycles.